The average Bonchev–Trinajstić information content (AvgIpc) is 2.93. The molecule has 2 aromatic rings. The van der Waals surface area contributed by atoms with Crippen molar-refractivity contribution in [1.29, 1.82) is 0 Å². The average molecular weight is 300 g/mol. The number of nitrogens with zero attached hydrogens (tertiary/aromatic N) is 4. The molecule has 2 heterocycles. The smallest absolute Gasteiger partial charge is 0.225 e. The molecule has 116 valence electrons. The van der Waals surface area contributed by atoms with E-state index < -0.39 is 5.82 Å². The van der Waals surface area contributed by atoms with Gasteiger partial charge in [-0.25, -0.2) is 14.4 Å². The van der Waals surface area contributed by atoms with E-state index in [0.29, 0.717) is 18.0 Å². The Morgan fingerprint density at radius 2 is 1.86 bits per heavy atom. The summed E-state index contributed by atoms with van der Waals surface area (Å²) in [6, 6.07) is 11.2. The minimum absolute atomic E-state index is 0.294. The number of likely N-dealkylation sites (N-methyl/N-ethyl adjacent to an activating group) is 1. The minimum atomic E-state index is -0.397. The van der Waals surface area contributed by atoms with Crippen molar-refractivity contribution in [2.45, 2.75) is 24.9 Å². The zero-order chi connectivity index (χ0) is 15.5. The topological polar surface area (TPSA) is 32.3 Å². The number of hydrogen-bond donors (Lipinski definition) is 0. The van der Waals surface area contributed by atoms with Gasteiger partial charge in [-0.05, 0) is 32.5 Å². The van der Waals surface area contributed by atoms with Crippen LogP contribution in [0.4, 0.5) is 10.3 Å². The highest BCUT2D eigenvalue weighted by molar-refractivity contribution is 5.36. The van der Waals surface area contributed by atoms with Crippen LogP contribution in [0.15, 0.2) is 42.7 Å². The van der Waals surface area contributed by atoms with Crippen LogP contribution in [0.25, 0.3) is 0 Å². The van der Waals surface area contributed by atoms with E-state index in [2.05, 4.69) is 58.1 Å². The lowest BCUT2D eigenvalue weighted by Crippen LogP contribution is -2.44. The van der Waals surface area contributed by atoms with Crippen LogP contribution in [-0.2, 0) is 6.42 Å². The molecule has 2 atom stereocenters. The lowest BCUT2D eigenvalue weighted by atomic mass is 9.99. The molecular formula is C17H21FN4. The van der Waals surface area contributed by atoms with E-state index in [0.717, 1.165) is 19.4 Å². The Balaban J connectivity index is 1.86. The fourth-order valence-electron chi connectivity index (χ4n) is 3.24. The van der Waals surface area contributed by atoms with Gasteiger partial charge in [0.15, 0.2) is 5.82 Å². The van der Waals surface area contributed by atoms with E-state index >= 15 is 0 Å². The van der Waals surface area contributed by atoms with Crippen LogP contribution in [0, 0.1) is 5.82 Å². The predicted molar refractivity (Wildman–Crippen MR) is 85.4 cm³/mol. The van der Waals surface area contributed by atoms with Gasteiger partial charge in [-0.3, -0.25) is 0 Å². The zero-order valence-corrected chi connectivity index (χ0v) is 13.0. The highest BCUT2D eigenvalue weighted by Gasteiger charge is 2.36. The molecule has 1 aliphatic heterocycles. The van der Waals surface area contributed by atoms with Gasteiger partial charge in [0.05, 0.1) is 18.4 Å². The first-order chi connectivity index (χ1) is 10.6. The van der Waals surface area contributed by atoms with Crippen molar-refractivity contribution < 1.29 is 4.39 Å². The first-order valence-corrected chi connectivity index (χ1v) is 7.59. The molecule has 0 unspecified atom stereocenters. The molecule has 22 heavy (non-hydrogen) atoms. The Labute approximate surface area is 130 Å². The number of halogens is 1. The monoisotopic (exact) mass is 300 g/mol. The largest absolute Gasteiger partial charge is 0.336 e. The van der Waals surface area contributed by atoms with Gasteiger partial charge in [-0.15, -0.1) is 0 Å². The van der Waals surface area contributed by atoms with Gasteiger partial charge in [0, 0.05) is 12.6 Å². The Hall–Kier alpha value is -2.01. The summed E-state index contributed by atoms with van der Waals surface area (Å²) in [6.07, 6.45) is 4.48. The van der Waals surface area contributed by atoms with Crippen LogP contribution in [0.2, 0.25) is 0 Å². The Bertz CT molecular complexity index is 600. The molecule has 0 radical (unpaired) electrons. The fraction of sp³-hybridized carbons (Fsp3) is 0.412. The van der Waals surface area contributed by atoms with Gasteiger partial charge >= 0.3 is 0 Å². The molecule has 0 aliphatic carbocycles. The molecule has 5 heteroatoms. The Kier molecular flexibility index (Phi) is 4.34. The van der Waals surface area contributed by atoms with Crippen LogP contribution >= 0.6 is 0 Å². The van der Waals surface area contributed by atoms with Crippen molar-refractivity contribution in [1.82, 2.24) is 14.9 Å². The summed E-state index contributed by atoms with van der Waals surface area (Å²) >= 11 is 0. The summed E-state index contributed by atoms with van der Waals surface area (Å²) in [5, 5.41) is 0. The maximum absolute atomic E-state index is 13.1. The molecule has 1 aliphatic rings. The van der Waals surface area contributed by atoms with Crippen LogP contribution in [0.3, 0.4) is 0 Å². The van der Waals surface area contributed by atoms with Crippen LogP contribution < -0.4 is 4.90 Å². The lowest BCUT2D eigenvalue weighted by molar-refractivity contribution is 0.273. The molecule has 0 bridgehead atoms. The van der Waals surface area contributed by atoms with Gasteiger partial charge in [-0.1, -0.05) is 30.3 Å². The summed E-state index contributed by atoms with van der Waals surface area (Å²) in [5.41, 5.74) is 1.30. The fourth-order valence-corrected chi connectivity index (χ4v) is 3.24. The molecule has 1 aromatic carbocycles. The number of benzene rings is 1. The van der Waals surface area contributed by atoms with E-state index in [4.69, 9.17) is 0 Å². The molecule has 0 spiro atoms. The lowest BCUT2D eigenvalue weighted by Gasteiger charge is -2.31. The summed E-state index contributed by atoms with van der Waals surface area (Å²) < 4.78 is 13.1. The SMILES string of the molecule is CN(C)[C@@H]1CCN(c2ncc(F)cn2)[C@H]1Cc1ccccc1. The van der Waals surface area contributed by atoms with E-state index in [1.54, 1.807) is 0 Å². The van der Waals surface area contributed by atoms with Crippen molar-refractivity contribution in [2.24, 2.45) is 0 Å². The standard InChI is InChI=1S/C17H21FN4/c1-21(2)15-8-9-22(17-19-11-14(18)12-20-17)16(15)10-13-6-4-3-5-7-13/h3-7,11-12,15-16H,8-10H2,1-2H3/t15-,16+/m1/s1. The zero-order valence-electron chi connectivity index (χ0n) is 13.0. The summed E-state index contributed by atoms with van der Waals surface area (Å²) in [6.45, 7) is 0.895. The quantitative estimate of drug-likeness (QED) is 0.868. The van der Waals surface area contributed by atoms with Crippen molar-refractivity contribution in [3.63, 3.8) is 0 Å². The van der Waals surface area contributed by atoms with Gasteiger partial charge in [-0.2, -0.15) is 0 Å². The molecule has 0 amide bonds. The Morgan fingerprint density at radius 1 is 1.18 bits per heavy atom. The molecule has 4 nitrogen and oxygen atoms in total. The predicted octanol–water partition coefficient (Wildman–Crippen LogP) is 2.37. The number of rotatable bonds is 4. The normalized spacial score (nSPS) is 21.5. The third-order valence-corrected chi connectivity index (χ3v) is 4.32. The summed E-state index contributed by atoms with van der Waals surface area (Å²) in [4.78, 5) is 12.8. The summed E-state index contributed by atoms with van der Waals surface area (Å²) in [5.74, 6) is 0.221. The molecule has 1 fully saturated rings. The van der Waals surface area contributed by atoms with E-state index in [1.807, 2.05) is 6.07 Å². The van der Waals surface area contributed by atoms with E-state index in [-0.39, 0.29) is 0 Å². The number of anilines is 1. The second-order valence-electron chi connectivity index (χ2n) is 5.97. The Morgan fingerprint density at radius 3 is 2.50 bits per heavy atom. The molecule has 3 rings (SSSR count). The first-order valence-electron chi connectivity index (χ1n) is 7.59. The van der Waals surface area contributed by atoms with Crippen molar-refractivity contribution in [2.75, 3.05) is 25.5 Å². The highest BCUT2D eigenvalue weighted by Crippen LogP contribution is 2.27. The number of hydrogen-bond acceptors (Lipinski definition) is 4. The van der Waals surface area contributed by atoms with Crippen LogP contribution in [0.5, 0.6) is 0 Å². The second kappa shape index (κ2) is 6.40. The molecule has 0 N–H and O–H groups in total. The van der Waals surface area contributed by atoms with Gasteiger partial charge in [0.1, 0.15) is 0 Å². The molecule has 1 saturated heterocycles. The van der Waals surface area contributed by atoms with E-state index in [9.17, 15) is 4.39 Å². The van der Waals surface area contributed by atoms with Crippen LogP contribution in [0.1, 0.15) is 12.0 Å². The molecule has 1 aromatic heterocycles. The number of aromatic nitrogens is 2. The van der Waals surface area contributed by atoms with Crippen LogP contribution in [-0.4, -0.2) is 47.6 Å². The second-order valence-corrected chi connectivity index (χ2v) is 5.97. The minimum Gasteiger partial charge on any atom is -0.336 e. The van der Waals surface area contributed by atoms with E-state index in [1.165, 1.54) is 18.0 Å². The summed E-state index contributed by atoms with van der Waals surface area (Å²) in [7, 11) is 4.22. The molecule has 0 saturated carbocycles. The maximum atomic E-state index is 13.1. The van der Waals surface area contributed by atoms with Gasteiger partial charge in [0.2, 0.25) is 5.95 Å². The highest BCUT2D eigenvalue weighted by atomic mass is 19.1. The van der Waals surface area contributed by atoms with Gasteiger partial charge in [0.25, 0.3) is 0 Å². The molecular weight excluding hydrogens is 279 g/mol. The van der Waals surface area contributed by atoms with Crippen molar-refractivity contribution in [3.8, 4) is 0 Å². The third-order valence-electron chi connectivity index (χ3n) is 4.32. The van der Waals surface area contributed by atoms with Crippen molar-refractivity contribution >= 4 is 5.95 Å². The van der Waals surface area contributed by atoms with Crippen molar-refractivity contribution in [3.05, 3.63) is 54.1 Å². The maximum Gasteiger partial charge on any atom is 0.225 e. The van der Waals surface area contributed by atoms with Gasteiger partial charge < -0.3 is 9.80 Å². The third kappa shape index (κ3) is 3.09. The first kappa shape index (κ1) is 14.9.